The van der Waals surface area contributed by atoms with Gasteiger partial charge in [0.2, 0.25) is 5.89 Å². The first-order chi connectivity index (χ1) is 13.4. The van der Waals surface area contributed by atoms with E-state index in [1.165, 1.54) is 25.7 Å². The van der Waals surface area contributed by atoms with Crippen molar-refractivity contribution in [1.29, 1.82) is 0 Å². The fraction of sp³-hybridized carbons (Fsp3) is 0.818. The zero-order valence-corrected chi connectivity index (χ0v) is 21.2. The van der Waals surface area contributed by atoms with Crippen LogP contribution in [-0.4, -0.2) is 60.5 Å². The summed E-state index contributed by atoms with van der Waals surface area (Å²) in [5, 5.41) is 3.66. The second-order valence-electron chi connectivity index (χ2n) is 9.13. The maximum absolute atomic E-state index is 5.74. The quantitative estimate of drug-likeness (QED) is 0.351. The fourth-order valence-electron chi connectivity index (χ4n) is 4.60. The monoisotopic (exact) mass is 517 g/mol. The number of nitrogens with zero attached hydrogens (tertiary/aromatic N) is 4. The van der Waals surface area contributed by atoms with Crippen molar-refractivity contribution < 1.29 is 4.42 Å². The minimum absolute atomic E-state index is 0. The molecule has 1 N–H and O–H groups in total. The van der Waals surface area contributed by atoms with E-state index < -0.39 is 0 Å². The number of hydrogen-bond acceptors (Lipinski definition) is 4. The highest BCUT2D eigenvalue weighted by Crippen LogP contribution is 2.24. The van der Waals surface area contributed by atoms with Crippen molar-refractivity contribution in [3.8, 4) is 0 Å². The van der Waals surface area contributed by atoms with Crippen molar-refractivity contribution in [1.82, 2.24) is 20.1 Å². The Morgan fingerprint density at radius 1 is 1.17 bits per heavy atom. The van der Waals surface area contributed by atoms with Crippen LogP contribution in [0.1, 0.15) is 56.9 Å². The summed E-state index contributed by atoms with van der Waals surface area (Å²) in [5.74, 6) is 5.23. The summed E-state index contributed by atoms with van der Waals surface area (Å²) < 4.78 is 5.74. The molecule has 0 saturated carbocycles. The third-order valence-electron chi connectivity index (χ3n) is 6.29. The number of aromatic nitrogens is 1. The molecular weight excluding hydrogens is 477 g/mol. The van der Waals surface area contributed by atoms with Crippen molar-refractivity contribution >= 4 is 29.9 Å². The Balaban J connectivity index is 0.00000300. The lowest BCUT2D eigenvalue weighted by Crippen LogP contribution is -2.44. The van der Waals surface area contributed by atoms with E-state index in [0.29, 0.717) is 0 Å². The van der Waals surface area contributed by atoms with Gasteiger partial charge in [0.1, 0.15) is 5.76 Å². The molecule has 2 fully saturated rings. The molecule has 2 aliphatic heterocycles. The number of likely N-dealkylation sites (tertiary alicyclic amines) is 2. The molecule has 0 amide bonds. The van der Waals surface area contributed by atoms with E-state index in [1.54, 1.807) is 0 Å². The van der Waals surface area contributed by atoms with Crippen LogP contribution in [0.25, 0.3) is 0 Å². The molecule has 2 saturated heterocycles. The Morgan fingerprint density at radius 3 is 2.45 bits per heavy atom. The summed E-state index contributed by atoms with van der Waals surface area (Å²) in [7, 11) is 1.92. The minimum atomic E-state index is 0. The summed E-state index contributed by atoms with van der Waals surface area (Å²) in [5.41, 5.74) is 1.01. The zero-order chi connectivity index (χ0) is 20.1. The summed E-state index contributed by atoms with van der Waals surface area (Å²) in [6, 6.07) is 0. The van der Waals surface area contributed by atoms with E-state index in [-0.39, 0.29) is 24.0 Å². The van der Waals surface area contributed by atoms with Gasteiger partial charge in [-0.2, -0.15) is 0 Å². The molecule has 1 atom stereocenters. The second-order valence-corrected chi connectivity index (χ2v) is 9.13. The third-order valence-corrected chi connectivity index (χ3v) is 6.29. The van der Waals surface area contributed by atoms with Gasteiger partial charge < -0.3 is 14.6 Å². The van der Waals surface area contributed by atoms with Crippen LogP contribution in [-0.2, 0) is 6.54 Å². The summed E-state index contributed by atoms with van der Waals surface area (Å²) in [6.07, 6.45) is 5.07. The standard InChI is InChI=1S/C22H39N5O.HI/c1-16(2)12-20-8-11-27(14-20)22(23-5)24-13-19-6-9-26(10-7-19)15-21-25-17(3)18(4)28-21;/h16,19-20H,6-15H2,1-5H3,(H,23,24);1H. The molecule has 2 aliphatic rings. The topological polar surface area (TPSA) is 56.9 Å². The molecule has 166 valence electrons. The van der Waals surface area contributed by atoms with Crippen LogP contribution in [0.15, 0.2) is 9.41 Å². The molecule has 3 rings (SSSR count). The smallest absolute Gasteiger partial charge is 0.208 e. The van der Waals surface area contributed by atoms with Gasteiger partial charge >= 0.3 is 0 Å². The molecular formula is C22H40IN5O. The van der Waals surface area contributed by atoms with Crippen molar-refractivity contribution in [2.24, 2.45) is 22.7 Å². The highest BCUT2D eigenvalue weighted by atomic mass is 127. The first-order valence-electron chi connectivity index (χ1n) is 11.1. The van der Waals surface area contributed by atoms with Gasteiger partial charge in [0.25, 0.3) is 0 Å². The highest BCUT2D eigenvalue weighted by Gasteiger charge is 2.26. The predicted octanol–water partition coefficient (Wildman–Crippen LogP) is 4.06. The van der Waals surface area contributed by atoms with Crippen LogP contribution >= 0.6 is 24.0 Å². The number of oxazole rings is 1. The first kappa shape index (κ1) is 24.4. The number of nitrogens with one attached hydrogen (secondary N) is 1. The highest BCUT2D eigenvalue weighted by molar-refractivity contribution is 14.0. The average Bonchev–Trinajstić information content (AvgIpc) is 3.23. The predicted molar refractivity (Wildman–Crippen MR) is 130 cm³/mol. The Kier molecular flexibility index (Phi) is 9.72. The molecule has 7 heteroatoms. The molecule has 0 aliphatic carbocycles. The van der Waals surface area contributed by atoms with E-state index >= 15 is 0 Å². The lowest BCUT2D eigenvalue weighted by atomic mass is 9.96. The van der Waals surface area contributed by atoms with E-state index in [1.807, 2.05) is 20.9 Å². The van der Waals surface area contributed by atoms with Gasteiger partial charge in [-0.05, 0) is 70.4 Å². The molecule has 0 aromatic carbocycles. The second kappa shape index (κ2) is 11.5. The largest absolute Gasteiger partial charge is 0.444 e. The molecule has 29 heavy (non-hydrogen) atoms. The van der Waals surface area contributed by atoms with Crippen LogP contribution in [0, 0.1) is 31.6 Å². The lowest BCUT2D eigenvalue weighted by molar-refractivity contribution is 0.163. The van der Waals surface area contributed by atoms with Gasteiger partial charge in [-0.3, -0.25) is 9.89 Å². The van der Waals surface area contributed by atoms with Crippen molar-refractivity contribution in [2.45, 2.75) is 59.9 Å². The first-order valence-corrected chi connectivity index (χ1v) is 11.1. The van der Waals surface area contributed by atoms with Crippen LogP contribution in [0.3, 0.4) is 0 Å². The van der Waals surface area contributed by atoms with Crippen molar-refractivity contribution in [2.75, 3.05) is 39.8 Å². The van der Waals surface area contributed by atoms with Crippen molar-refractivity contribution in [3.05, 3.63) is 17.3 Å². The molecule has 1 unspecified atom stereocenters. The van der Waals surface area contributed by atoms with Gasteiger partial charge in [-0.25, -0.2) is 4.98 Å². The summed E-state index contributed by atoms with van der Waals surface area (Å²) >= 11 is 0. The molecule has 1 aromatic heterocycles. The van der Waals surface area contributed by atoms with Gasteiger partial charge in [0.15, 0.2) is 5.96 Å². The van der Waals surface area contributed by atoms with E-state index in [0.717, 1.165) is 80.3 Å². The normalized spacial score (nSPS) is 21.7. The molecule has 6 nitrogen and oxygen atoms in total. The van der Waals surface area contributed by atoms with Gasteiger partial charge in [-0.1, -0.05) is 13.8 Å². The Labute approximate surface area is 193 Å². The lowest BCUT2D eigenvalue weighted by Gasteiger charge is -2.32. The minimum Gasteiger partial charge on any atom is -0.444 e. The van der Waals surface area contributed by atoms with Gasteiger partial charge in [-0.15, -0.1) is 24.0 Å². The number of hydrogen-bond donors (Lipinski definition) is 1. The zero-order valence-electron chi connectivity index (χ0n) is 18.9. The van der Waals surface area contributed by atoms with Gasteiger partial charge in [0, 0.05) is 26.7 Å². The molecule has 0 bridgehead atoms. The maximum atomic E-state index is 5.74. The fourth-order valence-corrected chi connectivity index (χ4v) is 4.60. The molecule has 0 radical (unpaired) electrons. The van der Waals surface area contributed by atoms with E-state index in [9.17, 15) is 0 Å². The Morgan fingerprint density at radius 2 is 1.86 bits per heavy atom. The Hall–Kier alpha value is -0.830. The number of rotatable bonds is 6. The van der Waals surface area contributed by atoms with Gasteiger partial charge in [0.05, 0.1) is 12.2 Å². The Bertz CT molecular complexity index is 632. The SMILES string of the molecule is CN=C(NCC1CCN(Cc2nc(C)c(C)o2)CC1)N1CCC(CC(C)C)C1.I. The summed E-state index contributed by atoms with van der Waals surface area (Å²) in [6.45, 7) is 15.1. The van der Waals surface area contributed by atoms with Crippen LogP contribution in [0.2, 0.25) is 0 Å². The van der Waals surface area contributed by atoms with Crippen molar-refractivity contribution in [3.63, 3.8) is 0 Å². The number of guanidine groups is 1. The van der Waals surface area contributed by atoms with E-state index in [4.69, 9.17) is 4.42 Å². The number of halogens is 1. The molecule has 1 aromatic rings. The van der Waals surface area contributed by atoms with E-state index in [2.05, 4.69) is 38.9 Å². The molecule has 0 spiro atoms. The summed E-state index contributed by atoms with van der Waals surface area (Å²) in [4.78, 5) is 14.0. The average molecular weight is 518 g/mol. The maximum Gasteiger partial charge on any atom is 0.208 e. The third kappa shape index (κ3) is 7.12. The van der Waals surface area contributed by atoms with Crippen LogP contribution in [0.4, 0.5) is 0 Å². The number of aryl methyl sites for hydroxylation is 2. The van der Waals surface area contributed by atoms with Crippen LogP contribution < -0.4 is 5.32 Å². The van der Waals surface area contributed by atoms with Crippen LogP contribution in [0.5, 0.6) is 0 Å². The number of aliphatic imine (C=N–C) groups is 1. The molecule has 3 heterocycles. The number of piperidine rings is 1.